The molecule has 1 unspecified atom stereocenters. The smallest absolute Gasteiger partial charge is 0.338 e. The molecule has 0 fully saturated rings. The molecule has 1 atom stereocenters. The number of ether oxygens (including phenoxy) is 2. The fraction of sp³-hybridized carbons (Fsp3) is 0.500. The van der Waals surface area contributed by atoms with Gasteiger partial charge in [0.2, 0.25) is 0 Å². The van der Waals surface area contributed by atoms with Crippen LogP contribution in [-0.2, 0) is 9.53 Å². The van der Waals surface area contributed by atoms with E-state index in [0.29, 0.717) is 39.2 Å². The maximum absolute atomic E-state index is 12.8. The number of amides is 2. The summed E-state index contributed by atoms with van der Waals surface area (Å²) >= 11 is 12.7. The van der Waals surface area contributed by atoms with E-state index < -0.39 is 18.0 Å². The molecule has 2 rings (SSSR count). The number of rotatable bonds is 7. The van der Waals surface area contributed by atoms with Gasteiger partial charge in [0.15, 0.2) is 5.75 Å². The number of esters is 1. The van der Waals surface area contributed by atoms with E-state index in [9.17, 15) is 9.59 Å². The molecule has 1 heterocycles. The molecule has 0 aliphatic carbocycles. The Kier molecular flexibility index (Phi) is 7.61. The van der Waals surface area contributed by atoms with Gasteiger partial charge in [-0.05, 0) is 43.9 Å². The summed E-state index contributed by atoms with van der Waals surface area (Å²) < 4.78 is 11.0. The van der Waals surface area contributed by atoms with Crippen molar-refractivity contribution in [3.63, 3.8) is 0 Å². The predicted octanol–water partition coefficient (Wildman–Crippen LogP) is 5.00. The van der Waals surface area contributed by atoms with Crippen LogP contribution in [0.5, 0.6) is 5.75 Å². The van der Waals surface area contributed by atoms with Gasteiger partial charge >= 0.3 is 12.0 Å². The number of carbonyl (C=O) groups is 2. The lowest BCUT2D eigenvalue weighted by atomic mass is 9.91. The largest absolute Gasteiger partial charge is 0.490 e. The van der Waals surface area contributed by atoms with Gasteiger partial charge in [0.25, 0.3) is 0 Å². The summed E-state index contributed by atoms with van der Waals surface area (Å²) in [7, 11) is 0. The van der Waals surface area contributed by atoms with Crippen molar-refractivity contribution < 1.29 is 19.1 Å². The maximum atomic E-state index is 12.8. The lowest BCUT2D eigenvalue weighted by molar-refractivity contribution is -0.143. The van der Waals surface area contributed by atoms with Crippen molar-refractivity contribution >= 4 is 35.2 Å². The van der Waals surface area contributed by atoms with Gasteiger partial charge in [-0.3, -0.25) is 0 Å². The number of nitrogens with one attached hydrogen (secondary N) is 2. The SMILES string of the molecule is CCCOc1c(Cl)cc(C2NC(=O)NC(C(C)C)=C2C(=O)OC(C)C)cc1Cl. The number of carbonyl (C=O) groups excluding carboxylic acids is 2. The molecule has 2 amide bonds. The average Bonchev–Trinajstić information content (AvgIpc) is 2.59. The second-order valence-corrected chi connectivity index (χ2v) is 7.94. The Morgan fingerprint density at radius 1 is 1.18 bits per heavy atom. The van der Waals surface area contributed by atoms with E-state index in [2.05, 4.69) is 10.6 Å². The first-order chi connectivity index (χ1) is 13.1. The molecule has 1 aromatic carbocycles. The number of allylic oxidation sites excluding steroid dienone is 1. The summed E-state index contributed by atoms with van der Waals surface area (Å²) in [6.45, 7) is 9.78. The minimum absolute atomic E-state index is 0.0960. The highest BCUT2D eigenvalue weighted by Gasteiger charge is 2.35. The van der Waals surface area contributed by atoms with Crippen LogP contribution >= 0.6 is 23.2 Å². The van der Waals surface area contributed by atoms with E-state index in [1.165, 1.54) is 0 Å². The molecule has 0 radical (unpaired) electrons. The molecule has 2 N–H and O–H groups in total. The van der Waals surface area contributed by atoms with E-state index in [0.717, 1.165) is 6.42 Å². The number of benzene rings is 1. The molecule has 6 nitrogen and oxygen atoms in total. The lowest BCUT2D eigenvalue weighted by Crippen LogP contribution is -2.47. The number of hydrogen-bond donors (Lipinski definition) is 2. The standard InChI is InChI=1S/C20H26Cl2N2O4/c1-6-7-27-18-13(21)8-12(9-14(18)22)17-15(19(25)28-11(4)5)16(10(2)3)23-20(26)24-17/h8-11,17H,6-7H2,1-5H3,(H2,23,24,26). The van der Waals surface area contributed by atoms with Crippen LogP contribution in [0.1, 0.15) is 52.6 Å². The molecule has 0 saturated carbocycles. The topological polar surface area (TPSA) is 76.7 Å². The average molecular weight is 429 g/mol. The van der Waals surface area contributed by atoms with Crippen LogP contribution in [-0.4, -0.2) is 24.7 Å². The third-order valence-electron chi connectivity index (χ3n) is 4.05. The fourth-order valence-corrected chi connectivity index (χ4v) is 3.50. The molecule has 1 aliphatic heterocycles. The quantitative estimate of drug-likeness (QED) is 0.599. The van der Waals surface area contributed by atoms with Crippen molar-refractivity contribution in [3.8, 4) is 5.75 Å². The minimum atomic E-state index is -0.743. The Labute approximate surface area is 175 Å². The Hall–Kier alpha value is -1.92. The highest BCUT2D eigenvalue weighted by Crippen LogP contribution is 2.39. The van der Waals surface area contributed by atoms with E-state index in [-0.39, 0.29) is 12.0 Å². The zero-order chi connectivity index (χ0) is 21.0. The van der Waals surface area contributed by atoms with E-state index in [4.69, 9.17) is 32.7 Å². The van der Waals surface area contributed by atoms with Crippen LogP contribution < -0.4 is 15.4 Å². The van der Waals surface area contributed by atoms with Gasteiger partial charge in [-0.15, -0.1) is 0 Å². The Morgan fingerprint density at radius 2 is 1.79 bits per heavy atom. The van der Waals surface area contributed by atoms with Crippen molar-refractivity contribution in [2.75, 3.05) is 6.61 Å². The Morgan fingerprint density at radius 3 is 2.29 bits per heavy atom. The lowest BCUT2D eigenvalue weighted by Gasteiger charge is -2.31. The molecule has 0 aromatic heterocycles. The summed E-state index contributed by atoms with van der Waals surface area (Å²) in [6.07, 6.45) is 0.508. The summed E-state index contributed by atoms with van der Waals surface area (Å²) in [5.74, 6) is -0.218. The van der Waals surface area contributed by atoms with Crippen LogP contribution in [0, 0.1) is 5.92 Å². The predicted molar refractivity (Wildman–Crippen MR) is 110 cm³/mol. The Balaban J connectivity index is 2.55. The first kappa shape index (κ1) is 22.4. The van der Waals surface area contributed by atoms with Crippen LogP contribution in [0.3, 0.4) is 0 Å². The summed E-state index contributed by atoms with van der Waals surface area (Å²) in [4.78, 5) is 25.1. The van der Waals surface area contributed by atoms with Crippen molar-refractivity contribution in [3.05, 3.63) is 39.0 Å². The molecule has 0 spiro atoms. The molecule has 28 heavy (non-hydrogen) atoms. The van der Waals surface area contributed by atoms with Crippen LogP contribution in [0.2, 0.25) is 10.0 Å². The number of hydrogen-bond acceptors (Lipinski definition) is 4. The summed E-state index contributed by atoms with van der Waals surface area (Å²) in [5, 5.41) is 6.12. The third kappa shape index (κ3) is 5.11. The second kappa shape index (κ2) is 9.52. The molecule has 8 heteroatoms. The monoisotopic (exact) mass is 428 g/mol. The first-order valence-corrected chi connectivity index (χ1v) is 10.1. The fourth-order valence-electron chi connectivity index (χ4n) is 2.88. The molecule has 0 saturated heterocycles. The van der Waals surface area contributed by atoms with Crippen molar-refractivity contribution in [2.45, 2.75) is 53.2 Å². The summed E-state index contributed by atoms with van der Waals surface area (Å²) in [5.41, 5.74) is 1.41. The second-order valence-electron chi connectivity index (χ2n) is 7.13. The molecular formula is C20H26Cl2N2O4. The zero-order valence-corrected chi connectivity index (χ0v) is 18.2. The molecule has 1 aromatic rings. The van der Waals surface area contributed by atoms with Gasteiger partial charge in [0, 0.05) is 5.70 Å². The van der Waals surface area contributed by atoms with Crippen molar-refractivity contribution in [1.29, 1.82) is 0 Å². The van der Waals surface area contributed by atoms with E-state index in [1.54, 1.807) is 26.0 Å². The van der Waals surface area contributed by atoms with Crippen molar-refractivity contribution in [2.24, 2.45) is 5.92 Å². The van der Waals surface area contributed by atoms with E-state index in [1.807, 2.05) is 20.8 Å². The van der Waals surface area contributed by atoms with Gasteiger partial charge in [0.1, 0.15) is 0 Å². The zero-order valence-electron chi connectivity index (χ0n) is 16.7. The maximum Gasteiger partial charge on any atom is 0.338 e. The molecule has 0 bridgehead atoms. The molecule has 154 valence electrons. The van der Waals surface area contributed by atoms with Gasteiger partial charge < -0.3 is 20.1 Å². The highest BCUT2D eigenvalue weighted by molar-refractivity contribution is 6.37. The van der Waals surface area contributed by atoms with E-state index >= 15 is 0 Å². The van der Waals surface area contributed by atoms with Crippen molar-refractivity contribution in [1.82, 2.24) is 10.6 Å². The van der Waals surface area contributed by atoms with Crippen LogP contribution in [0.25, 0.3) is 0 Å². The van der Waals surface area contributed by atoms with Crippen LogP contribution in [0.15, 0.2) is 23.4 Å². The third-order valence-corrected chi connectivity index (χ3v) is 4.61. The summed E-state index contributed by atoms with van der Waals surface area (Å²) in [6, 6.07) is 2.14. The highest BCUT2D eigenvalue weighted by atomic mass is 35.5. The number of halogens is 2. The van der Waals surface area contributed by atoms with Crippen LogP contribution in [0.4, 0.5) is 4.79 Å². The van der Waals surface area contributed by atoms with Gasteiger partial charge in [-0.2, -0.15) is 0 Å². The first-order valence-electron chi connectivity index (χ1n) is 9.29. The van der Waals surface area contributed by atoms with Gasteiger partial charge in [-0.1, -0.05) is 44.0 Å². The number of urea groups is 1. The minimum Gasteiger partial charge on any atom is -0.490 e. The Bertz CT molecular complexity index is 767. The normalized spacial score (nSPS) is 16.9. The van der Waals surface area contributed by atoms with Gasteiger partial charge in [-0.25, -0.2) is 9.59 Å². The van der Waals surface area contributed by atoms with Gasteiger partial charge in [0.05, 0.1) is 34.4 Å². The molecule has 1 aliphatic rings. The molecular weight excluding hydrogens is 403 g/mol.